The molecule has 0 atom stereocenters. The van der Waals surface area contributed by atoms with Gasteiger partial charge in [0, 0.05) is 33.7 Å². The number of rotatable bonds is 6. The molecule has 6 aromatic rings. The van der Waals surface area contributed by atoms with Crippen LogP contribution in [0.4, 0.5) is 0 Å². The Morgan fingerprint density at radius 1 is 0.943 bits per heavy atom. The maximum atomic E-state index is 6.28. The molecule has 0 radical (unpaired) electrons. The van der Waals surface area contributed by atoms with Crippen molar-refractivity contribution < 1.29 is 9.15 Å². The van der Waals surface area contributed by atoms with E-state index in [0.717, 1.165) is 60.9 Å². The van der Waals surface area contributed by atoms with E-state index < -0.39 is 0 Å². The molecule has 0 fully saturated rings. The summed E-state index contributed by atoms with van der Waals surface area (Å²) in [7, 11) is 0. The molecule has 172 valence electrons. The summed E-state index contributed by atoms with van der Waals surface area (Å²) < 4.78 is 13.4. The van der Waals surface area contributed by atoms with E-state index in [2.05, 4.69) is 49.5 Å². The minimum absolute atomic E-state index is 0.430. The van der Waals surface area contributed by atoms with Crippen molar-refractivity contribution in [3.05, 3.63) is 88.5 Å². The van der Waals surface area contributed by atoms with Crippen LogP contribution in [0.5, 0.6) is 5.75 Å². The second-order valence-electron chi connectivity index (χ2n) is 8.13. The van der Waals surface area contributed by atoms with Crippen LogP contribution >= 0.6 is 15.9 Å². The number of furan rings is 1. The minimum Gasteiger partial charge on any atom is -0.488 e. The Bertz CT molecular complexity index is 1660. The Balaban J connectivity index is 1.35. The van der Waals surface area contributed by atoms with Crippen molar-refractivity contribution in [1.82, 2.24) is 25.6 Å². The standard InChI is InChI=1S/C27H20BrN5O2/c1-2-17-14-24(20-9-5-6-10-22(20)29-17)34-15-16-11-12-23-21(13-16)25(28)26(35-23)18-7-3-4-8-19(18)27-30-32-33-31-27/h3-14H,2,15H2,1H3,(H,30,31,32,33). The molecule has 0 aliphatic carbocycles. The van der Waals surface area contributed by atoms with E-state index in [1.165, 1.54) is 0 Å². The lowest BCUT2D eigenvalue weighted by Gasteiger charge is -2.11. The summed E-state index contributed by atoms with van der Waals surface area (Å²) in [4.78, 5) is 4.71. The predicted octanol–water partition coefficient (Wildman–Crippen LogP) is 6.73. The van der Waals surface area contributed by atoms with Crippen LogP contribution in [0.1, 0.15) is 18.2 Å². The van der Waals surface area contributed by atoms with Gasteiger partial charge in [-0.1, -0.05) is 49.4 Å². The van der Waals surface area contributed by atoms with Crippen molar-refractivity contribution in [2.24, 2.45) is 0 Å². The fourth-order valence-corrected chi connectivity index (χ4v) is 4.79. The van der Waals surface area contributed by atoms with E-state index in [1.54, 1.807) is 0 Å². The van der Waals surface area contributed by atoms with Crippen LogP contribution in [-0.2, 0) is 13.0 Å². The van der Waals surface area contributed by atoms with Crippen LogP contribution < -0.4 is 4.74 Å². The molecular formula is C27H20BrN5O2. The van der Waals surface area contributed by atoms with Gasteiger partial charge in [0.05, 0.1) is 9.99 Å². The van der Waals surface area contributed by atoms with Gasteiger partial charge in [-0.25, -0.2) is 0 Å². The van der Waals surface area contributed by atoms with Gasteiger partial charge in [-0.3, -0.25) is 4.98 Å². The number of aryl methyl sites for hydroxylation is 1. The van der Waals surface area contributed by atoms with Crippen LogP contribution in [0.25, 0.3) is 44.6 Å². The summed E-state index contributed by atoms with van der Waals surface area (Å²) in [5, 5.41) is 16.4. The number of fused-ring (bicyclic) bond motifs is 2. The number of halogens is 1. The van der Waals surface area contributed by atoms with Crippen LogP contribution in [-0.4, -0.2) is 25.6 Å². The third-order valence-corrected chi connectivity index (χ3v) is 6.72. The summed E-state index contributed by atoms with van der Waals surface area (Å²) in [5.41, 5.74) is 5.49. The van der Waals surface area contributed by atoms with Crippen LogP contribution in [0, 0.1) is 0 Å². The topological polar surface area (TPSA) is 89.7 Å². The van der Waals surface area contributed by atoms with Crippen molar-refractivity contribution in [2.75, 3.05) is 0 Å². The third kappa shape index (κ3) is 3.95. The van der Waals surface area contributed by atoms with E-state index in [4.69, 9.17) is 14.1 Å². The summed E-state index contributed by atoms with van der Waals surface area (Å²) in [6, 6.07) is 24.0. The number of aromatic nitrogens is 5. The normalized spacial score (nSPS) is 11.4. The monoisotopic (exact) mass is 525 g/mol. The number of H-pyrrole nitrogens is 1. The zero-order valence-electron chi connectivity index (χ0n) is 18.8. The summed E-state index contributed by atoms with van der Waals surface area (Å²) >= 11 is 3.76. The molecule has 0 unspecified atom stereocenters. The summed E-state index contributed by atoms with van der Waals surface area (Å²) in [6.45, 7) is 2.53. The smallest absolute Gasteiger partial charge is 0.205 e. The minimum atomic E-state index is 0.430. The highest BCUT2D eigenvalue weighted by molar-refractivity contribution is 9.10. The lowest BCUT2D eigenvalue weighted by molar-refractivity contribution is 0.309. The van der Waals surface area contributed by atoms with Gasteiger partial charge in [0.25, 0.3) is 0 Å². The molecule has 3 aromatic heterocycles. The fourth-order valence-electron chi connectivity index (χ4n) is 4.19. The fraction of sp³-hybridized carbons (Fsp3) is 0.111. The summed E-state index contributed by atoms with van der Waals surface area (Å²) in [5.74, 6) is 2.07. The van der Waals surface area contributed by atoms with Crippen molar-refractivity contribution in [3.8, 4) is 28.5 Å². The van der Waals surface area contributed by atoms with Crippen molar-refractivity contribution in [2.45, 2.75) is 20.0 Å². The number of hydrogen-bond donors (Lipinski definition) is 1. The van der Waals surface area contributed by atoms with E-state index in [1.807, 2.05) is 66.7 Å². The van der Waals surface area contributed by atoms with Gasteiger partial charge in [0.15, 0.2) is 0 Å². The Kier molecular flexibility index (Phi) is 5.50. The average molecular weight is 526 g/mol. The van der Waals surface area contributed by atoms with Crippen molar-refractivity contribution in [1.29, 1.82) is 0 Å². The highest BCUT2D eigenvalue weighted by atomic mass is 79.9. The number of benzene rings is 3. The van der Waals surface area contributed by atoms with Gasteiger partial charge in [-0.15, -0.1) is 10.2 Å². The number of nitrogens with one attached hydrogen (secondary N) is 1. The zero-order chi connectivity index (χ0) is 23.8. The number of tetrazole rings is 1. The van der Waals surface area contributed by atoms with E-state index in [9.17, 15) is 0 Å². The molecule has 35 heavy (non-hydrogen) atoms. The van der Waals surface area contributed by atoms with Gasteiger partial charge >= 0.3 is 0 Å². The Labute approximate surface area is 209 Å². The Morgan fingerprint density at radius 2 is 1.77 bits per heavy atom. The maximum absolute atomic E-state index is 6.28. The average Bonchev–Trinajstić information content (AvgIpc) is 3.55. The van der Waals surface area contributed by atoms with E-state index in [-0.39, 0.29) is 0 Å². The van der Waals surface area contributed by atoms with E-state index >= 15 is 0 Å². The zero-order valence-corrected chi connectivity index (χ0v) is 20.4. The number of ether oxygens (including phenoxy) is 1. The van der Waals surface area contributed by atoms with Gasteiger partial charge in [-0.2, -0.15) is 5.21 Å². The number of hydrogen-bond acceptors (Lipinski definition) is 6. The van der Waals surface area contributed by atoms with Crippen LogP contribution in [0.3, 0.4) is 0 Å². The largest absolute Gasteiger partial charge is 0.488 e. The summed E-state index contributed by atoms with van der Waals surface area (Å²) in [6.07, 6.45) is 0.850. The lowest BCUT2D eigenvalue weighted by Crippen LogP contribution is -1.98. The Hall–Kier alpha value is -4.04. The molecule has 0 aliphatic rings. The maximum Gasteiger partial charge on any atom is 0.205 e. The first-order valence-corrected chi connectivity index (χ1v) is 12.1. The van der Waals surface area contributed by atoms with Gasteiger partial charge in [0.1, 0.15) is 23.7 Å². The second-order valence-corrected chi connectivity index (χ2v) is 8.92. The highest BCUT2D eigenvalue weighted by Gasteiger charge is 2.19. The molecule has 0 amide bonds. The highest BCUT2D eigenvalue weighted by Crippen LogP contribution is 2.41. The van der Waals surface area contributed by atoms with Crippen molar-refractivity contribution in [3.63, 3.8) is 0 Å². The number of pyridine rings is 1. The SMILES string of the molecule is CCc1cc(OCc2ccc3oc(-c4ccccc4-c4nn[nH]n4)c(Br)c3c2)c2ccccc2n1. The Morgan fingerprint density at radius 3 is 2.60 bits per heavy atom. The van der Waals surface area contributed by atoms with Gasteiger partial charge < -0.3 is 9.15 Å². The van der Waals surface area contributed by atoms with Crippen LogP contribution in [0.15, 0.2) is 81.7 Å². The molecule has 7 nitrogen and oxygen atoms in total. The molecule has 0 aliphatic heterocycles. The van der Waals surface area contributed by atoms with Crippen molar-refractivity contribution >= 4 is 37.8 Å². The number of para-hydroxylation sites is 1. The predicted molar refractivity (Wildman–Crippen MR) is 138 cm³/mol. The molecule has 8 heteroatoms. The van der Waals surface area contributed by atoms with Gasteiger partial charge in [-0.05, 0) is 57.4 Å². The third-order valence-electron chi connectivity index (χ3n) is 5.94. The first-order valence-electron chi connectivity index (χ1n) is 11.3. The number of aromatic amines is 1. The first kappa shape index (κ1) is 21.5. The molecular weight excluding hydrogens is 506 g/mol. The van der Waals surface area contributed by atoms with Gasteiger partial charge in [0.2, 0.25) is 5.82 Å². The molecule has 0 saturated carbocycles. The second kappa shape index (κ2) is 8.96. The van der Waals surface area contributed by atoms with Crippen LogP contribution in [0.2, 0.25) is 0 Å². The molecule has 0 spiro atoms. The molecule has 3 aromatic carbocycles. The molecule has 0 bridgehead atoms. The lowest BCUT2D eigenvalue weighted by atomic mass is 10.0. The molecule has 1 N–H and O–H groups in total. The quantitative estimate of drug-likeness (QED) is 0.259. The molecule has 0 saturated heterocycles. The first-order chi connectivity index (χ1) is 17.2. The molecule has 3 heterocycles. The number of nitrogens with zero attached hydrogens (tertiary/aromatic N) is 4. The molecule has 6 rings (SSSR count). The van der Waals surface area contributed by atoms with E-state index in [0.29, 0.717) is 18.2 Å².